The number of cyclic esters (lactones) is 1. The number of halogens is 1. The standard InChI is InChI=1S/C21H23ClN4O2/c1-13-6-4-8-19(26-12-16(10-22)28-21(26)27)17(13)11-23-18-7-5-9-25-15(3)14(2)24-20(18)25/h4-9,16,23H,10-12H2,1-3H3. The Morgan fingerprint density at radius 1 is 1.25 bits per heavy atom. The molecule has 0 bridgehead atoms. The number of ether oxygens (including phenoxy) is 1. The van der Waals surface area contributed by atoms with Gasteiger partial charge < -0.3 is 14.5 Å². The highest BCUT2D eigenvalue weighted by Crippen LogP contribution is 2.29. The Bertz CT molecular complexity index is 1050. The molecular formula is C21H23ClN4O2. The molecule has 2 aromatic heterocycles. The molecule has 28 heavy (non-hydrogen) atoms. The predicted octanol–water partition coefficient (Wildman–Crippen LogP) is 4.44. The third-order valence-electron chi connectivity index (χ3n) is 5.30. The van der Waals surface area contributed by atoms with Crippen LogP contribution in [0.15, 0.2) is 36.5 Å². The second-order valence-corrected chi connectivity index (χ2v) is 7.40. The monoisotopic (exact) mass is 398 g/mol. The molecule has 3 aromatic rings. The number of imidazole rings is 1. The Kier molecular flexibility index (Phi) is 4.89. The zero-order valence-corrected chi connectivity index (χ0v) is 17.0. The Labute approximate surface area is 169 Å². The van der Waals surface area contributed by atoms with Gasteiger partial charge in [0.25, 0.3) is 0 Å². The SMILES string of the molecule is Cc1cccc(N2CC(CCl)OC2=O)c1CNc1cccn2c(C)c(C)nc12. The second kappa shape index (κ2) is 7.36. The van der Waals surface area contributed by atoms with Crippen LogP contribution in [0.5, 0.6) is 0 Å². The first-order valence-corrected chi connectivity index (χ1v) is 9.83. The van der Waals surface area contributed by atoms with Crippen LogP contribution >= 0.6 is 11.6 Å². The van der Waals surface area contributed by atoms with Crippen LogP contribution in [0.3, 0.4) is 0 Å². The molecule has 0 spiro atoms. The average Bonchev–Trinajstić information content (AvgIpc) is 3.21. The summed E-state index contributed by atoms with van der Waals surface area (Å²) in [5.41, 5.74) is 7.00. The summed E-state index contributed by atoms with van der Waals surface area (Å²) in [5.74, 6) is 0.294. The van der Waals surface area contributed by atoms with Gasteiger partial charge in [-0.15, -0.1) is 11.6 Å². The van der Waals surface area contributed by atoms with Gasteiger partial charge in [-0.3, -0.25) is 4.90 Å². The maximum Gasteiger partial charge on any atom is 0.414 e. The lowest BCUT2D eigenvalue weighted by Gasteiger charge is -2.20. The molecule has 7 heteroatoms. The van der Waals surface area contributed by atoms with E-state index in [4.69, 9.17) is 16.3 Å². The van der Waals surface area contributed by atoms with Crippen LogP contribution in [0.4, 0.5) is 16.2 Å². The summed E-state index contributed by atoms with van der Waals surface area (Å²) < 4.78 is 7.41. The number of carbonyl (C=O) groups excluding carboxylic acids is 1. The smallest absolute Gasteiger partial charge is 0.414 e. The Morgan fingerprint density at radius 3 is 2.82 bits per heavy atom. The molecule has 0 saturated carbocycles. The van der Waals surface area contributed by atoms with Crippen molar-refractivity contribution in [3.8, 4) is 0 Å². The summed E-state index contributed by atoms with van der Waals surface area (Å²) in [4.78, 5) is 18.7. The van der Waals surface area contributed by atoms with E-state index in [9.17, 15) is 4.79 Å². The summed E-state index contributed by atoms with van der Waals surface area (Å²) in [6.45, 7) is 7.16. The number of hydrogen-bond acceptors (Lipinski definition) is 4. The van der Waals surface area contributed by atoms with Gasteiger partial charge in [0.05, 0.1) is 29.5 Å². The summed E-state index contributed by atoms with van der Waals surface area (Å²) in [7, 11) is 0. The predicted molar refractivity (Wildman–Crippen MR) is 112 cm³/mol. The van der Waals surface area contributed by atoms with Gasteiger partial charge >= 0.3 is 6.09 Å². The first-order valence-electron chi connectivity index (χ1n) is 9.30. The summed E-state index contributed by atoms with van der Waals surface area (Å²) >= 11 is 5.88. The molecule has 4 rings (SSSR count). The molecule has 146 valence electrons. The van der Waals surface area contributed by atoms with E-state index in [2.05, 4.69) is 21.6 Å². The number of fused-ring (bicyclic) bond motifs is 1. The van der Waals surface area contributed by atoms with E-state index in [0.717, 1.165) is 39.5 Å². The third-order valence-corrected chi connectivity index (χ3v) is 5.65. The molecule has 3 heterocycles. The quantitative estimate of drug-likeness (QED) is 0.645. The van der Waals surface area contributed by atoms with E-state index >= 15 is 0 Å². The van der Waals surface area contributed by atoms with Crippen molar-refractivity contribution in [1.82, 2.24) is 9.38 Å². The first kappa shape index (κ1) is 18.6. The minimum absolute atomic E-state index is 0.278. The minimum atomic E-state index is -0.348. The normalized spacial score (nSPS) is 16.6. The van der Waals surface area contributed by atoms with Crippen molar-refractivity contribution in [2.45, 2.75) is 33.4 Å². The number of aromatic nitrogens is 2. The maximum absolute atomic E-state index is 12.3. The van der Waals surface area contributed by atoms with Crippen molar-refractivity contribution >= 4 is 34.7 Å². The van der Waals surface area contributed by atoms with Crippen molar-refractivity contribution < 1.29 is 9.53 Å². The first-order chi connectivity index (χ1) is 13.5. The number of nitrogens with zero attached hydrogens (tertiary/aromatic N) is 3. The molecule has 1 amide bonds. The molecule has 1 aliphatic rings. The van der Waals surface area contributed by atoms with Crippen LogP contribution in [0.25, 0.3) is 5.65 Å². The van der Waals surface area contributed by atoms with Crippen molar-refractivity contribution in [1.29, 1.82) is 0 Å². The number of hydrogen-bond donors (Lipinski definition) is 1. The van der Waals surface area contributed by atoms with E-state index in [1.165, 1.54) is 0 Å². The number of aryl methyl sites for hydroxylation is 3. The highest BCUT2D eigenvalue weighted by Gasteiger charge is 2.33. The van der Waals surface area contributed by atoms with Gasteiger partial charge in [0, 0.05) is 18.4 Å². The fraction of sp³-hybridized carbons (Fsp3) is 0.333. The summed E-state index contributed by atoms with van der Waals surface area (Å²) in [6, 6.07) is 9.98. The van der Waals surface area contributed by atoms with E-state index in [0.29, 0.717) is 19.0 Å². The molecule has 1 fully saturated rings. The van der Waals surface area contributed by atoms with Crippen molar-refractivity contribution in [3.63, 3.8) is 0 Å². The fourth-order valence-electron chi connectivity index (χ4n) is 3.59. The van der Waals surface area contributed by atoms with Gasteiger partial charge in [-0.05, 0) is 50.1 Å². The van der Waals surface area contributed by atoms with Crippen LogP contribution in [0.1, 0.15) is 22.5 Å². The lowest BCUT2D eigenvalue weighted by Crippen LogP contribution is -2.26. The highest BCUT2D eigenvalue weighted by atomic mass is 35.5. The van der Waals surface area contributed by atoms with Gasteiger partial charge in [0.15, 0.2) is 5.65 Å². The molecule has 1 unspecified atom stereocenters. The highest BCUT2D eigenvalue weighted by molar-refractivity contribution is 6.18. The summed E-state index contributed by atoms with van der Waals surface area (Å²) in [6.07, 6.45) is 1.39. The number of amides is 1. The number of benzene rings is 1. The molecule has 1 saturated heterocycles. The Morgan fingerprint density at radius 2 is 2.07 bits per heavy atom. The van der Waals surface area contributed by atoms with Gasteiger partial charge in [0.2, 0.25) is 0 Å². The molecule has 0 radical (unpaired) electrons. The van der Waals surface area contributed by atoms with Gasteiger partial charge in [-0.1, -0.05) is 12.1 Å². The number of anilines is 2. The average molecular weight is 399 g/mol. The van der Waals surface area contributed by atoms with Crippen LogP contribution < -0.4 is 10.2 Å². The van der Waals surface area contributed by atoms with E-state index < -0.39 is 0 Å². The van der Waals surface area contributed by atoms with Crippen LogP contribution in [0.2, 0.25) is 0 Å². The van der Waals surface area contributed by atoms with Crippen LogP contribution in [-0.2, 0) is 11.3 Å². The van der Waals surface area contributed by atoms with Crippen LogP contribution in [-0.4, -0.2) is 34.0 Å². The van der Waals surface area contributed by atoms with Crippen LogP contribution in [0, 0.1) is 20.8 Å². The molecule has 1 aliphatic heterocycles. The molecule has 1 atom stereocenters. The third kappa shape index (κ3) is 3.18. The lowest BCUT2D eigenvalue weighted by atomic mass is 10.1. The van der Waals surface area contributed by atoms with E-state index in [-0.39, 0.29) is 12.2 Å². The molecule has 6 nitrogen and oxygen atoms in total. The zero-order valence-electron chi connectivity index (χ0n) is 16.2. The molecular weight excluding hydrogens is 376 g/mol. The molecule has 1 aromatic carbocycles. The number of pyridine rings is 1. The largest absolute Gasteiger partial charge is 0.443 e. The Hall–Kier alpha value is -2.73. The van der Waals surface area contributed by atoms with E-state index in [1.54, 1.807) is 4.90 Å². The van der Waals surface area contributed by atoms with Gasteiger partial charge in [-0.25, -0.2) is 9.78 Å². The molecule has 1 N–H and O–H groups in total. The summed E-state index contributed by atoms with van der Waals surface area (Å²) in [5, 5.41) is 3.50. The van der Waals surface area contributed by atoms with Gasteiger partial charge in [-0.2, -0.15) is 0 Å². The van der Waals surface area contributed by atoms with Crippen molar-refractivity contribution in [2.75, 3.05) is 22.6 Å². The molecule has 0 aliphatic carbocycles. The number of carbonyl (C=O) groups is 1. The number of rotatable bonds is 5. The lowest BCUT2D eigenvalue weighted by molar-refractivity contribution is 0.151. The number of nitrogens with one attached hydrogen (secondary N) is 1. The minimum Gasteiger partial charge on any atom is -0.443 e. The van der Waals surface area contributed by atoms with Crippen molar-refractivity contribution in [2.24, 2.45) is 0 Å². The van der Waals surface area contributed by atoms with Gasteiger partial charge in [0.1, 0.15) is 6.10 Å². The Balaban J connectivity index is 1.65. The topological polar surface area (TPSA) is 58.9 Å². The van der Waals surface area contributed by atoms with Crippen molar-refractivity contribution in [3.05, 3.63) is 59.0 Å². The maximum atomic E-state index is 12.3. The van der Waals surface area contributed by atoms with E-state index in [1.807, 2.05) is 50.4 Å². The fourth-order valence-corrected chi connectivity index (χ4v) is 3.75. The second-order valence-electron chi connectivity index (χ2n) is 7.09. The zero-order chi connectivity index (χ0) is 19.8. The number of alkyl halides is 1.